The van der Waals surface area contributed by atoms with Gasteiger partial charge < -0.3 is 19.2 Å². The van der Waals surface area contributed by atoms with Gasteiger partial charge in [-0.05, 0) is 25.5 Å². The Morgan fingerprint density at radius 2 is 2.18 bits per heavy atom. The number of hydrogen-bond donors (Lipinski definition) is 3. The first kappa shape index (κ1) is 18.1. The smallest absolute Gasteiger partial charge is 0.287 e. The van der Waals surface area contributed by atoms with Gasteiger partial charge in [-0.25, -0.2) is 5.48 Å². The monoisotopic (exact) mass is 314 g/mol. The average Bonchev–Trinajstić information content (AvgIpc) is 3.04. The maximum Gasteiger partial charge on any atom is 0.287 e. The van der Waals surface area contributed by atoms with E-state index in [1.54, 1.807) is 18.5 Å². The van der Waals surface area contributed by atoms with Crippen LogP contribution in [0.2, 0.25) is 0 Å². The van der Waals surface area contributed by atoms with Crippen molar-refractivity contribution in [1.82, 2.24) is 10.8 Å². The number of carbonyl (C=O) groups is 2. The van der Waals surface area contributed by atoms with Gasteiger partial charge in [0.15, 0.2) is 5.76 Å². The summed E-state index contributed by atoms with van der Waals surface area (Å²) in [6, 6.07) is 2.72. The summed E-state index contributed by atoms with van der Waals surface area (Å²) in [7, 11) is 0. The molecule has 2 atom stereocenters. The fraction of sp³-hybridized carbons (Fsp3) is 0.571. The maximum atomic E-state index is 12.0. The van der Waals surface area contributed by atoms with Gasteiger partial charge in [0.2, 0.25) is 5.91 Å². The summed E-state index contributed by atoms with van der Waals surface area (Å²) < 4.78 is 15.4. The number of furan rings is 1. The molecule has 0 saturated carbocycles. The van der Waals surface area contributed by atoms with Crippen LogP contribution in [0.5, 0.6) is 0 Å². The Morgan fingerprint density at radius 3 is 2.77 bits per heavy atom. The molecule has 3 N–H and O–H groups in total. The summed E-state index contributed by atoms with van der Waals surface area (Å²) in [5, 5.41) is 11.4. The molecule has 1 rings (SSSR count). The van der Waals surface area contributed by atoms with Crippen LogP contribution >= 0.6 is 0 Å². The van der Waals surface area contributed by atoms with Crippen molar-refractivity contribution in [2.75, 3.05) is 20.0 Å². The Hall–Kier alpha value is -1.90. The van der Waals surface area contributed by atoms with Crippen LogP contribution in [0, 0.1) is 5.92 Å². The lowest BCUT2D eigenvalue weighted by molar-refractivity contribution is -0.133. The second-order valence-corrected chi connectivity index (χ2v) is 4.74. The number of carbonyl (C=O) groups excluding carboxylic acids is 2. The third kappa shape index (κ3) is 6.25. The van der Waals surface area contributed by atoms with E-state index in [1.165, 1.54) is 12.3 Å². The van der Waals surface area contributed by atoms with Crippen LogP contribution in [0.25, 0.3) is 0 Å². The molecule has 1 heterocycles. The van der Waals surface area contributed by atoms with Crippen molar-refractivity contribution in [3.8, 4) is 0 Å². The predicted molar refractivity (Wildman–Crippen MR) is 76.1 cm³/mol. The second kappa shape index (κ2) is 9.93. The summed E-state index contributed by atoms with van der Waals surface area (Å²) in [4.78, 5) is 23.4. The predicted octanol–water partition coefficient (Wildman–Crippen LogP) is 0.920. The lowest BCUT2D eigenvalue weighted by Gasteiger charge is -2.21. The van der Waals surface area contributed by atoms with Crippen LogP contribution in [0.1, 0.15) is 30.8 Å². The van der Waals surface area contributed by atoms with Crippen LogP contribution in [0.3, 0.4) is 0 Å². The zero-order valence-corrected chi connectivity index (χ0v) is 12.7. The van der Waals surface area contributed by atoms with E-state index in [0.29, 0.717) is 13.0 Å². The highest BCUT2D eigenvalue weighted by Crippen LogP contribution is 2.09. The minimum Gasteiger partial charge on any atom is -0.459 e. The van der Waals surface area contributed by atoms with Gasteiger partial charge in [0.1, 0.15) is 6.79 Å². The first-order chi connectivity index (χ1) is 10.6. The van der Waals surface area contributed by atoms with Crippen LogP contribution in [0.15, 0.2) is 22.8 Å². The third-order valence-corrected chi connectivity index (χ3v) is 2.97. The van der Waals surface area contributed by atoms with Crippen molar-refractivity contribution >= 4 is 11.8 Å². The van der Waals surface area contributed by atoms with E-state index < -0.39 is 23.8 Å². The lowest BCUT2D eigenvalue weighted by atomic mass is 10.0. The largest absolute Gasteiger partial charge is 0.459 e. The SMILES string of the molecule is CCOCOCC(CC(C)C(=O)NO)NC(=O)c1ccco1. The van der Waals surface area contributed by atoms with Crippen molar-refractivity contribution in [2.24, 2.45) is 5.92 Å². The van der Waals surface area contributed by atoms with Crippen molar-refractivity contribution in [3.05, 3.63) is 24.2 Å². The second-order valence-electron chi connectivity index (χ2n) is 4.74. The first-order valence-electron chi connectivity index (χ1n) is 7.02. The quantitative estimate of drug-likeness (QED) is 0.256. The normalized spacial score (nSPS) is 13.4. The Labute approximate surface area is 128 Å². The molecule has 0 aliphatic heterocycles. The number of hydroxylamine groups is 1. The summed E-state index contributed by atoms with van der Waals surface area (Å²) in [5.41, 5.74) is 1.59. The molecule has 124 valence electrons. The minimum atomic E-state index is -0.526. The minimum absolute atomic E-state index is 0.101. The highest BCUT2D eigenvalue weighted by molar-refractivity contribution is 5.91. The van der Waals surface area contributed by atoms with Gasteiger partial charge >= 0.3 is 0 Å². The molecule has 0 spiro atoms. The van der Waals surface area contributed by atoms with Gasteiger partial charge in [-0.15, -0.1) is 0 Å². The van der Waals surface area contributed by atoms with Crippen molar-refractivity contribution < 1.29 is 28.7 Å². The fourth-order valence-electron chi connectivity index (χ4n) is 1.81. The Balaban J connectivity index is 2.56. The van der Waals surface area contributed by atoms with Gasteiger partial charge in [-0.2, -0.15) is 0 Å². The van der Waals surface area contributed by atoms with E-state index in [1.807, 2.05) is 6.92 Å². The zero-order chi connectivity index (χ0) is 16.4. The van der Waals surface area contributed by atoms with Gasteiger partial charge in [0.05, 0.1) is 18.9 Å². The molecule has 8 heteroatoms. The van der Waals surface area contributed by atoms with Crippen LogP contribution in [-0.2, 0) is 14.3 Å². The number of nitrogens with one attached hydrogen (secondary N) is 2. The molecule has 0 bridgehead atoms. The third-order valence-electron chi connectivity index (χ3n) is 2.97. The maximum absolute atomic E-state index is 12.0. The summed E-state index contributed by atoms with van der Waals surface area (Å²) in [5.74, 6) is -1.25. The molecule has 0 aliphatic rings. The lowest BCUT2D eigenvalue weighted by Crippen LogP contribution is -2.41. The molecule has 22 heavy (non-hydrogen) atoms. The Morgan fingerprint density at radius 1 is 1.41 bits per heavy atom. The fourth-order valence-corrected chi connectivity index (χ4v) is 1.81. The van der Waals surface area contributed by atoms with E-state index in [2.05, 4.69) is 5.32 Å². The Kier molecular flexibility index (Phi) is 8.19. The molecule has 2 amide bonds. The van der Waals surface area contributed by atoms with Crippen molar-refractivity contribution in [3.63, 3.8) is 0 Å². The van der Waals surface area contributed by atoms with Gasteiger partial charge in [0.25, 0.3) is 5.91 Å². The average molecular weight is 314 g/mol. The standard InChI is InChI=1S/C14H22N2O6/c1-3-20-9-21-8-11(7-10(2)13(17)16-19)15-14(18)12-5-4-6-22-12/h4-6,10-11,19H,3,7-9H2,1-2H3,(H,15,18)(H,16,17). The summed E-state index contributed by atoms with van der Waals surface area (Å²) >= 11 is 0. The van der Waals surface area contributed by atoms with E-state index in [4.69, 9.17) is 19.1 Å². The molecule has 0 saturated heterocycles. The Bertz CT molecular complexity index is 448. The molecule has 8 nitrogen and oxygen atoms in total. The van der Waals surface area contributed by atoms with E-state index in [-0.39, 0.29) is 19.2 Å². The first-order valence-corrected chi connectivity index (χ1v) is 7.02. The van der Waals surface area contributed by atoms with Crippen molar-refractivity contribution in [1.29, 1.82) is 0 Å². The topological polar surface area (TPSA) is 110 Å². The molecule has 2 unspecified atom stereocenters. The molecular formula is C14H22N2O6. The molecule has 0 aromatic carbocycles. The highest BCUT2D eigenvalue weighted by atomic mass is 16.7. The zero-order valence-electron chi connectivity index (χ0n) is 12.7. The van der Waals surface area contributed by atoms with Gasteiger partial charge in [0, 0.05) is 12.5 Å². The molecule has 1 aromatic rings. The number of hydrogen-bond acceptors (Lipinski definition) is 6. The molecular weight excluding hydrogens is 292 g/mol. The summed E-state index contributed by atoms with van der Waals surface area (Å²) in [6.07, 6.45) is 1.70. The molecule has 0 fully saturated rings. The van der Waals surface area contributed by atoms with Crippen LogP contribution < -0.4 is 10.8 Å². The molecule has 1 aromatic heterocycles. The number of rotatable bonds is 10. The molecule has 0 aliphatic carbocycles. The highest BCUT2D eigenvalue weighted by Gasteiger charge is 2.22. The van der Waals surface area contributed by atoms with Gasteiger partial charge in [-0.3, -0.25) is 14.8 Å². The summed E-state index contributed by atoms with van der Waals surface area (Å²) in [6.45, 7) is 4.28. The van der Waals surface area contributed by atoms with Gasteiger partial charge in [-0.1, -0.05) is 6.92 Å². The van der Waals surface area contributed by atoms with Crippen LogP contribution in [0.4, 0.5) is 0 Å². The van der Waals surface area contributed by atoms with E-state index in [0.717, 1.165) is 0 Å². The molecule has 0 radical (unpaired) electrons. The van der Waals surface area contributed by atoms with E-state index >= 15 is 0 Å². The number of amides is 2. The van der Waals surface area contributed by atoms with Crippen molar-refractivity contribution in [2.45, 2.75) is 26.3 Å². The number of ether oxygens (including phenoxy) is 2. The van der Waals surface area contributed by atoms with Crippen LogP contribution in [-0.4, -0.2) is 43.1 Å². The van der Waals surface area contributed by atoms with E-state index in [9.17, 15) is 9.59 Å².